The van der Waals surface area contributed by atoms with Gasteiger partial charge >= 0.3 is 0 Å². The molecule has 1 N–H and O–H groups in total. The molecule has 2 rings (SSSR count). The van der Waals surface area contributed by atoms with Crippen LogP contribution in [-0.4, -0.2) is 33.5 Å². The molecule has 1 aliphatic heterocycles. The van der Waals surface area contributed by atoms with Gasteiger partial charge in [-0.3, -0.25) is 0 Å². The Hall–Kier alpha value is -0.580. The number of benzene rings is 1. The molecule has 2 atom stereocenters. The molecular weight excluding hydrogens is 282 g/mol. The smallest absolute Gasteiger partial charge is 0.150 e. The summed E-state index contributed by atoms with van der Waals surface area (Å²) in [5, 5.41) is 3.92. The van der Waals surface area contributed by atoms with Gasteiger partial charge in [-0.2, -0.15) is 0 Å². The van der Waals surface area contributed by atoms with E-state index in [9.17, 15) is 8.42 Å². The standard InChI is InChI=1S/C14H20ClNO2S/c1-16-9-13(12-6-7-19(17,18)10-12)8-11-2-4-14(15)5-3-11/h2-5,12-13,16H,6-10H2,1H3. The van der Waals surface area contributed by atoms with Crippen molar-refractivity contribution in [1.29, 1.82) is 0 Å². The van der Waals surface area contributed by atoms with Crippen molar-refractivity contribution in [1.82, 2.24) is 5.32 Å². The summed E-state index contributed by atoms with van der Waals surface area (Å²) in [6, 6.07) is 7.82. The summed E-state index contributed by atoms with van der Waals surface area (Å²) >= 11 is 5.88. The minimum atomic E-state index is -2.81. The Labute approximate surface area is 120 Å². The first-order valence-electron chi connectivity index (χ1n) is 6.59. The van der Waals surface area contributed by atoms with E-state index in [1.165, 1.54) is 5.56 Å². The highest BCUT2D eigenvalue weighted by atomic mass is 35.5. The van der Waals surface area contributed by atoms with E-state index in [0.717, 1.165) is 24.4 Å². The molecule has 2 unspecified atom stereocenters. The maximum Gasteiger partial charge on any atom is 0.150 e. The van der Waals surface area contributed by atoms with E-state index in [-0.39, 0.29) is 5.92 Å². The Morgan fingerprint density at radius 2 is 2.05 bits per heavy atom. The monoisotopic (exact) mass is 301 g/mol. The molecule has 1 aromatic carbocycles. The van der Waals surface area contributed by atoms with Crippen LogP contribution in [0.1, 0.15) is 12.0 Å². The molecule has 19 heavy (non-hydrogen) atoms. The van der Waals surface area contributed by atoms with Crippen molar-refractivity contribution in [3.05, 3.63) is 34.9 Å². The summed E-state index contributed by atoms with van der Waals surface area (Å²) in [6.07, 6.45) is 1.69. The Balaban J connectivity index is 2.06. The van der Waals surface area contributed by atoms with Gasteiger partial charge < -0.3 is 5.32 Å². The third-order valence-electron chi connectivity index (χ3n) is 3.81. The second-order valence-corrected chi connectivity index (χ2v) is 7.98. The molecule has 0 bridgehead atoms. The van der Waals surface area contributed by atoms with E-state index in [2.05, 4.69) is 5.32 Å². The molecule has 0 saturated carbocycles. The fourth-order valence-corrected chi connectivity index (χ4v) is 4.83. The average molecular weight is 302 g/mol. The van der Waals surface area contributed by atoms with Gasteiger partial charge in [0.2, 0.25) is 0 Å². The lowest BCUT2D eigenvalue weighted by Crippen LogP contribution is -2.28. The molecule has 1 aliphatic rings. The highest BCUT2D eigenvalue weighted by molar-refractivity contribution is 7.91. The van der Waals surface area contributed by atoms with Crippen LogP contribution in [-0.2, 0) is 16.3 Å². The van der Waals surface area contributed by atoms with Gasteiger partial charge in [-0.05, 0) is 56.0 Å². The third kappa shape index (κ3) is 4.20. The second-order valence-electron chi connectivity index (χ2n) is 5.31. The highest BCUT2D eigenvalue weighted by Gasteiger charge is 2.33. The molecular formula is C14H20ClNO2S. The second kappa shape index (κ2) is 6.25. The minimum Gasteiger partial charge on any atom is -0.319 e. The summed E-state index contributed by atoms with van der Waals surface area (Å²) in [7, 11) is -0.892. The van der Waals surface area contributed by atoms with Gasteiger partial charge in [0.1, 0.15) is 0 Å². The van der Waals surface area contributed by atoms with Crippen molar-refractivity contribution in [2.24, 2.45) is 11.8 Å². The van der Waals surface area contributed by atoms with E-state index in [4.69, 9.17) is 11.6 Å². The minimum absolute atomic E-state index is 0.271. The number of sulfone groups is 1. The lowest BCUT2D eigenvalue weighted by Gasteiger charge is -2.22. The van der Waals surface area contributed by atoms with Crippen LogP contribution in [0.5, 0.6) is 0 Å². The average Bonchev–Trinajstić information content (AvgIpc) is 2.72. The molecule has 1 heterocycles. The summed E-state index contributed by atoms with van der Waals surface area (Å²) in [6.45, 7) is 0.850. The Kier molecular flexibility index (Phi) is 4.87. The molecule has 1 saturated heterocycles. The molecule has 0 amide bonds. The van der Waals surface area contributed by atoms with Gasteiger partial charge in [0.25, 0.3) is 0 Å². The zero-order valence-corrected chi connectivity index (χ0v) is 12.7. The Morgan fingerprint density at radius 3 is 2.58 bits per heavy atom. The first-order valence-corrected chi connectivity index (χ1v) is 8.79. The van der Waals surface area contributed by atoms with Gasteiger partial charge in [0.15, 0.2) is 9.84 Å². The predicted octanol–water partition coefficient (Wildman–Crippen LogP) is 2.15. The van der Waals surface area contributed by atoms with Crippen LogP contribution in [0.4, 0.5) is 0 Å². The van der Waals surface area contributed by atoms with Gasteiger partial charge in [-0.1, -0.05) is 23.7 Å². The van der Waals surface area contributed by atoms with Crippen LogP contribution in [0.25, 0.3) is 0 Å². The molecule has 5 heteroatoms. The molecule has 106 valence electrons. The number of rotatable bonds is 5. The summed E-state index contributed by atoms with van der Waals surface area (Å²) < 4.78 is 23.2. The highest BCUT2D eigenvalue weighted by Crippen LogP contribution is 2.28. The van der Waals surface area contributed by atoms with E-state index in [1.54, 1.807) is 0 Å². The third-order valence-corrected chi connectivity index (χ3v) is 5.86. The summed E-state index contributed by atoms with van der Waals surface area (Å²) in [5.41, 5.74) is 1.22. The lowest BCUT2D eigenvalue weighted by atomic mass is 9.86. The number of hydrogen-bond donors (Lipinski definition) is 1. The van der Waals surface area contributed by atoms with E-state index in [1.807, 2.05) is 31.3 Å². The van der Waals surface area contributed by atoms with Crippen molar-refractivity contribution < 1.29 is 8.42 Å². The molecule has 0 radical (unpaired) electrons. The van der Waals surface area contributed by atoms with Crippen LogP contribution < -0.4 is 5.32 Å². The quantitative estimate of drug-likeness (QED) is 0.906. The van der Waals surface area contributed by atoms with Crippen molar-refractivity contribution in [2.75, 3.05) is 25.1 Å². The number of hydrogen-bond acceptors (Lipinski definition) is 3. The molecule has 0 spiro atoms. The van der Waals surface area contributed by atoms with E-state index in [0.29, 0.717) is 17.4 Å². The van der Waals surface area contributed by atoms with Crippen molar-refractivity contribution in [3.8, 4) is 0 Å². The van der Waals surface area contributed by atoms with Crippen molar-refractivity contribution in [3.63, 3.8) is 0 Å². The van der Waals surface area contributed by atoms with Crippen molar-refractivity contribution in [2.45, 2.75) is 12.8 Å². The summed E-state index contributed by atoms with van der Waals surface area (Å²) in [5.74, 6) is 1.32. The van der Waals surface area contributed by atoms with Gasteiger partial charge in [0, 0.05) is 5.02 Å². The molecule has 0 aliphatic carbocycles. The van der Waals surface area contributed by atoms with Gasteiger partial charge in [-0.25, -0.2) is 8.42 Å². The SMILES string of the molecule is CNCC(Cc1ccc(Cl)cc1)C1CCS(=O)(=O)C1. The van der Waals surface area contributed by atoms with Gasteiger partial charge in [0.05, 0.1) is 11.5 Å². The van der Waals surface area contributed by atoms with Crippen LogP contribution >= 0.6 is 11.6 Å². The molecule has 3 nitrogen and oxygen atoms in total. The number of halogens is 1. The Morgan fingerprint density at radius 1 is 1.37 bits per heavy atom. The maximum atomic E-state index is 11.6. The first kappa shape index (κ1) is 14.8. The zero-order valence-electron chi connectivity index (χ0n) is 11.1. The van der Waals surface area contributed by atoms with E-state index < -0.39 is 9.84 Å². The van der Waals surface area contributed by atoms with Gasteiger partial charge in [-0.15, -0.1) is 0 Å². The van der Waals surface area contributed by atoms with Crippen LogP contribution in [0.3, 0.4) is 0 Å². The van der Waals surface area contributed by atoms with Crippen LogP contribution in [0, 0.1) is 11.8 Å². The topological polar surface area (TPSA) is 46.2 Å². The Bertz CT molecular complexity index is 513. The first-order chi connectivity index (χ1) is 9.00. The number of nitrogens with one attached hydrogen (secondary N) is 1. The fourth-order valence-electron chi connectivity index (χ4n) is 2.79. The largest absolute Gasteiger partial charge is 0.319 e. The maximum absolute atomic E-state index is 11.6. The van der Waals surface area contributed by atoms with E-state index >= 15 is 0 Å². The molecule has 1 fully saturated rings. The summed E-state index contributed by atoms with van der Waals surface area (Å²) in [4.78, 5) is 0. The van der Waals surface area contributed by atoms with Crippen LogP contribution in [0.2, 0.25) is 5.02 Å². The predicted molar refractivity (Wildman–Crippen MR) is 79.3 cm³/mol. The lowest BCUT2D eigenvalue weighted by molar-refractivity contribution is 0.352. The fraction of sp³-hybridized carbons (Fsp3) is 0.571. The zero-order chi connectivity index (χ0) is 13.9. The molecule has 0 aromatic heterocycles. The van der Waals surface area contributed by atoms with Crippen molar-refractivity contribution >= 4 is 21.4 Å². The van der Waals surface area contributed by atoms with Crippen LogP contribution in [0.15, 0.2) is 24.3 Å². The molecule has 1 aromatic rings. The normalized spacial score (nSPS) is 23.4.